The third-order valence-electron chi connectivity index (χ3n) is 2.51. The molecular weight excluding hydrogens is 429 g/mol. The quantitative estimate of drug-likeness (QED) is 0.595. The lowest BCUT2D eigenvalue weighted by molar-refractivity contribution is 0.302. The summed E-state index contributed by atoms with van der Waals surface area (Å²) < 4.78 is 7.13. The van der Waals surface area contributed by atoms with Crippen LogP contribution in [0.3, 0.4) is 0 Å². The van der Waals surface area contributed by atoms with Crippen LogP contribution < -0.4 is 4.74 Å². The monoisotopic (exact) mass is 433 g/mol. The van der Waals surface area contributed by atoms with E-state index in [2.05, 4.69) is 37.9 Å². The Morgan fingerprint density at radius 3 is 2.35 bits per heavy atom. The van der Waals surface area contributed by atoms with Crippen LogP contribution in [0.2, 0.25) is 10.0 Å². The Balaban J connectivity index is 2.23. The molecule has 0 aliphatic heterocycles. The van der Waals surface area contributed by atoms with Gasteiger partial charge in [0.2, 0.25) is 0 Å². The number of halogens is 4. The standard InChI is InChI=1S/C14H7Br2Cl2NO/c15-11-3-8(6-19)4-12(16)14(11)20-7-9-5-10(17)1-2-13(9)18/h1-5H,7H2. The van der Waals surface area contributed by atoms with Gasteiger partial charge in [0.05, 0.1) is 20.6 Å². The van der Waals surface area contributed by atoms with Gasteiger partial charge in [-0.05, 0) is 62.2 Å². The van der Waals surface area contributed by atoms with Crippen LogP contribution in [0.1, 0.15) is 11.1 Å². The fourth-order valence-corrected chi connectivity index (χ4v) is 3.35. The summed E-state index contributed by atoms with van der Waals surface area (Å²) in [6, 6.07) is 10.7. The first-order chi connectivity index (χ1) is 9.51. The summed E-state index contributed by atoms with van der Waals surface area (Å²) in [6.45, 7) is 0.280. The molecule has 0 aromatic heterocycles. The predicted molar refractivity (Wildman–Crippen MR) is 87.4 cm³/mol. The highest BCUT2D eigenvalue weighted by Gasteiger charge is 2.10. The molecule has 2 aromatic rings. The summed E-state index contributed by atoms with van der Waals surface area (Å²) in [4.78, 5) is 0. The van der Waals surface area contributed by atoms with Crippen molar-refractivity contribution in [2.24, 2.45) is 0 Å². The fraction of sp³-hybridized carbons (Fsp3) is 0.0714. The van der Waals surface area contributed by atoms with Gasteiger partial charge in [0, 0.05) is 15.6 Å². The van der Waals surface area contributed by atoms with Gasteiger partial charge < -0.3 is 4.74 Å². The molecule has 6 heteroatoms. The highest BCUT2D eigenvalue weighted by molar-refractivity contribution is 9.11. The zero-order chi connectivity index (χ0) is 14.7. The first kappa shape index (κ1) is 15.7. The smallest absolute Gasteiger partial charge is 0.148 e. The summed E-state index contributed by atoms with van der Waals surface area (Å²) in [6.07, 6.45) is 0. The molecule has 0 fully saturated rings. The Morgan fingerprint density at radius 2 is 1.75 bits per heavy atom. The van der Waals surface area contributed by atoms with Crippen LogP contribution >= 0.6 is 55.1 Å². The van der Waals surface area contributed by atoms with Gasteiger partial charge in [-0.25, -0.2) is 0 Å². The van der Waals surface area contributed by atoms with Gasteiger partial charge >= 0.3 is 0 Å². The lowest BCUT2D eigenvalue weighted by Gasteiger charge is -2.12. The van der Waals surface area contributed by atoms with Gasteiger partial charge in [-0.1, -0.05) is 23.2 Å². The molecule has 0 amide bonds. The van der Waals surface area contributed by atoms with Crippen molar-refractivity contribution in [3.8, 4) is 11.8 Å². The second-order valence-corrected chi connectivity index (χ2v) is 6.46. The zero-order valence-corrected chi connectivity index (χ0v) is 14.6. The topological polar surface area (TPSA) is 33.0 Å². The summed E-state index contributed by atoms with van der Waals surface area (Å²) in [5.74, 6) is 0.611. The molecule has 0 N–H and O–H groups in total. The van der Waals surface area contributed by atoms with Crippen LogP contribution in [0.15, 0.2) is 39.3 Å². The van der Waals surface area contributed by atoms with Crippen LogP contribution in [-0.2, 0) is 6.61 Å². The van der Waals surface area contributed by atoms with Crippen LogP contribution in [0, 0.1) is 11.3 Å². The van der Waals surface area contributed by atoms with E-state index in [1.807, 2.05) is 0 Å². The van der Waals surface area contributed by atoms with E-state index in [-0.39, 0.29) is 6.61 Å². The van der Waals surface area contributed by atoms with Crippen LogP contribution in [0.4, 0.5) is 0 Å². The van der Waals surface area contributed by atoms with Gasteiger partial charge in [-0.2, -0.15) is 5.26 Å². The maximum absolute atomic E-state index is 8.89. The second-order valence-electron chi connectivity index (χ2n) is 3.91. The largest absolute Gasteiger partial charge is 0.486 e. The van der Waals surface area contributed by atoms with E-state index in [9.17, 15) is 0 Å². The predicted octanol–water partition coefficient (Wildman–Crippen LogP) is 5.97. The lowest BCUT2D eigenvalue weighted by Crippen LogP contribution is -1.98. The highest BCUT2D eigenvalue weighted by atomic mass is 79.9. The van der Waals surface area contributed by atoms with E-state index in [4.69, 9.17) is 33.2 Å². The van der Waals surface area contributed by atoms with Crippen molar-refractivity contribution in [2.75, 3.05) is 0 Å². The number of nitriles is 1. The summed E-state index contributed by atoms with van der Waals surface area (Å²) >= 11 is 18.8. The first-order valence-electron chi connectivity index (χ1n) is 5.47. The van der Waals surface area contributed by atoms with E-state index >= 15 is 0 Å². The van der Waals surface area contributed by atoms with Crippen molar-refractivity contribution in [1.29, 1.82) is 5.26 Å². The van der Waals surface area contributed by atoms with Gasteiger partial charge in [0.15, 0.2) is 0 Å². The highest BCUT2D eigenvalue weighted by Crippen LogP contribution is 2.35. The molecule has 0 saturated carbocycles. The van der Waals surface area contributed by atoms with Gasteiger partial charge in [-0.15, -0.1) is 0 Å². The van der Waals surface area contributed by atoms with Crippen molar-refractivity contribution in [1.82, 2.24) is 0 Å². The van der Waals surface area contributed by atoms with Crippen molar-refractivity contribution in [2.45, 2.75) is 6.61 Å². The average molecular weight is 436 g/mol. The summed E-state index contributed by atoms with van der Waals surface area (Å²) in [7, 11) is 0. The van der Waals surface area contributed by atoms with Crippen molar-refractivity contribution < 1.29 is 4.74 Å². The van der Waals surface area contributed by atoms with Crippen molar-refractivity contribution in [3.05, 3.63) is 60.4 Å². The van der Waals surface area contributed by atoms with E-state index in [1.165, 1.54) is 0 Å². The Bertz CT molecular complexity index is 675. The molecule has 0 atom stereocenters. The molecule has 2 rings (SSSR count). The minimum absolute atomic E-state index is 0.280. The Hall–Kier alpha value is -0.730. The second kappa shape index (κ2) is 6.82. The SMILES string of the molecule is N#Cc1cc(Br)c(OCc2cc(Cl)ccc2Cl)c(Br)c1. The van der Waals surface area contributed by atoms with Crippen molar-refractivity contribution in [3.63, 3.8) is 0 Å². The fourth-order valence-electron chi connectivity index (χ4n) is 1.57. The number of rotatable bonds is 3. The molecular formula is C14H7Br2Cl2NO. The Morgan fingerprint density at radius 1 is 1.10 bits per heavy atom. The number of hydrogen-bond acceptors (Lipinski definition) is 2. The first-order valence-corrected chi connectivity index (χ1v) is 7.81. The maximum Gasteiger partial charge on any atom is 0.148 e. The zero-order valence-electron chi connectivity index (χ0n) is 9.96. The third-order valence-corrected chi connectivity index (χ3v) is 4.29. The van der Waals surface area contributed by atoms with E-state index < -0.39 is 0 Å². The minimum Gasteiger partial charge on any atom is -0.486 e. The summed E-state index contributed by atoms with van der Waals surface area (Å²) in [5, 5.41) is 10.1. The molecule has 2 aromatic carbocycles. The molecule has 0 radical (unpaired) electrons. The molecule has 0 saturated heterocycles. The third kappa shape index (κ3) is 3.67. The molecule has 0 aliphatic carbocycles. The van der Waals surface area contributed by atoms with Gasteiger partial charge in [0.25, 0.3) is 0 Å². The van der Waals surface area contributed by atoms with Gasteiger partial charge in [-0.3, -0.25) is 0 Å². The van der Waals surface area contributed by atoms with E-state index in [1.54, 1.807) is 30.3 Å². The molecule has 0 unspecified atom stereocenters. The Kier molecular flexibility index (Phi) is 5.34. The van der Waals surface area contributed by atoms with Gasteiger partial charge in [0.1, 0.15) is 12.4 Å². The lowest BCUT2D eigenvalue weighted by atomic mass is 10.2. The molecule has 0 spiro atoms. The molecule has 102 valence electrons. The molecule has 0 aliphatic rings. The number of ether oxygens (including phenoxy) is 1. The van der Waals surface area contributed by atoms with Crippen LogP contribution in [0.25, 0.3) is 0 Å². The van der Waals surface area contributed by atoms with E-state index in [0.29, 0.717) is 30.3 Å². The molecule has 2 nitrogen and oxygen atoms in total. The number of hydrogen-bond donors (Lipinski definition) is 0. The normalized spacial score (nSPS) is 10.2. The minimum atomic E-state index is 0.280. The van der Waals surface area contributed by atoms with Crippen molar-refractivity contribution >= 4 is 55.1 Å². The maximum atomic E-state index is 8.89. The number of benzene rings is 2. The van der Waals surface area contributed by atoms with E-state index in [0.717, 1.165) is 5.56 Å². The Labute approximate surface area is 143 Å². The molecule has 20 heavy (non-hydrogen) atoms. The van der Waals surface area contributed by atoms with Crippen LogP contribution in [-0.4, -0.2) is 0 Å². The molecule has 0 bridgehead atoms. The number of nitrogens with zero attached hydrogens (tertiary/aromatic N) is 1. The average Bonchev–Trinajstić information content (AvgIpc) is 2.41. The van der Waals surface area contributed by atoms with Crippen LogP contribution in [0.5, 0.6) is 5.75 Å². The molecule has 0 heterocycles. The summed E-state index contributed by atoms with van der Waals surface area (Å²) in [5.41, 5.74) is 1.33.